The van der Waals surface area contributed by atoms with E-state index in [9.17, 15) is 8.42 Å². The van der Waals surface area contributed by atoms with Gasteiger partial charge < -0.3 is 4.74 Å². The van der Waals surface area contributed by atoms with Crippen molar-refractivity contribution in [3.05, 3.63) is 12.4 Å². The summed E-state index contributed by atoms with van der Waals surface area (Å²) in [7, 11) is -1.67. The summed E-state index contributed by atoms with van der Waals surface area (Å²) in [6.07, 6.45) is 8.32. The van der Waals surface area contributed by atoms with Gasteiger partial charge >= 0.3 is 0 Å². The first-order valence-corrected chi connectivity index (χ1v) is 8.22. The van der Waals surface area contributed by atoms with Gasteiger partial charge in [0.1, 0.15) is 0 Å². The molecule has 1 fully saturated rings. The predicted octanol–water partition coefficient (Wildman–Crippen LogP) is 1.04. The molecule has 1 aromatic heterocycles. The minimum Gasteiger partial charge on any atom is -0.490 e. The highest BCUT2D eigenvalue weighted by Crippen LogP contribution is 2.37. The minimum absolute atomic E-state index is 0.000260. The van der Waals surface area contributed by atoms with Crippen LogP contribution in [0.2, 0.25) is 0 Å². The van der Waals surface area contributed by atoms with Gasteiger partial charge in [-0.1, -0.05) is 19.3 Å². The maximum atomic E-state index is 11.4. The molecule has 0 amide bonds. The van der Waals surface area contributed by atoms with Crippen molar-refractivity contribution in [3.8, 4) is 5.75 Å². The first-order chi connectivity index (χ1) is 8.89. The van der Waals surface area contributed by atoms with E-state index in [1.165, 1.54) is 0 Å². The Hall–Kier alpha value is -1.08. The molecule has 2 rings (SSSR count). The number of aromatic nitrogens is 2. The van der Waals surface area contributed by atoms with Crippen LogP contribution in [0.25, 0.3) is 0 Å². The van der Waals surface area contributed by atoms with Gasteiger partial charge in [0.05, 0.1) is 24.8 Å². The summed E-state index contributed by atoms with van der Waals surface area (Å²) in [4.78, 5) is 0. The van der Waals surface area contributed by atoms with Crippen molar-refractivity contribution in [2.24, 2.45) is 17.6 Å². The lowest BCUT2D eigenvalue weighted by Crippen LogP contribution is -2.40. The Morgan fingerprint density at radius 1 is 1.42 bits per heavy atom. The lowest BCUT2D eigenvalue weighted by atomic mass is 9.76. The second-order valence-electron chi connectivity index (χ2n) is 5.51. The smallest absolute Gasteiger partial charge is 0.209 e. The van der Waals surface area contributed by atoms with Crippen LogP contribution >= 0.6 is 0 Å². The van der Waals surface area contributed by atoms with E-state index in [2.05, 4.69) is 5.10 Å². The molecule has 1 saturated carbocycles. The zero-order valence-electron chi connectivity index (χ0n) is 11.2. The van der Waals surface area contributed by atoms with E-state index in [-0.39, 0.29) is 11.2 Å². The van der Waals surface area contributed by atoms with Crippen LogP contribution in [0.15, 0.2) is 12.4 Å². The van der Waals surface area contributed by atoms with Crippen molar-refractivity contribution in [2.45, 2.75) is 32.1 Å². The number of nitrogens with zero attached hydrogens (tertiary/aromatic N) is 2. The van der Waals surface area contributed by atoms with Crippen molar-refractivity contribution in [2.75, 3.05) is 12.4 Å². The molecule has 1 aliphatic carbocycles. The van der Waals surface area contributed by atoms with Gasteiger partial charge in [-0.25, -0.2) is 13.6 Å². The maximum Gasteiger partial charge on any atom is 0.209 e. The first kappa shape index (κ1) is 14.3. The van der Waals surface area contributed by atoms with Crippen LogP contribution in [0.5, 0.6) is 5.75 Å². The molecule has 0 bridgehead atoms. The molecular formula is C12H21N3O3S. The Balaban J connectivity index is 2.05. The molecule has 0 aromatic carbocycles. The number of aryl methyl sites for hydroxylation is 1. The highest BCUT2D eigenvalue weighted by atomic mass is 32.2. The standard InChI is InChI=1S/C12H21N3O3S/c1-15-8-11(7-14-15)18-9-12(10-19(13,16)17)5-3-2-4-6-12/h7-8H,2-6,9-10H2,1H3,(H2,13,16,17). The minimum atomic E-state index is -3.48. The second-order valence-corrected chi connectivity index (χ2v) is 7.12. The molecule has 0 radical (unpaired) electrons. The van der Waals surface area contributed by atoms with Gasteiger partial charge in [0.25, 0.3) is 0 Å². The van der Waals surface area contributed by atoms with E-state index in [4.69, 9.17) is 9.88 Å². The molecule has 0 atom stereocenters. The monoisotopic (exact) mass is 287 g/mol. The highest BCUT2D eigenvalue weighted by Gasteiger charge is 2.36. The Morgan fingerprint density at radius 3 is 2.63 bits per heavy atom. The topological polar surface area (TPSA) is 87.2 Å². The molecule has 1 aliphatic rings. The Bertz CT molecular complexity index is 518. The number of primary sulfonamides is 1. The third-order valence-corrected chi connectivity index (χ3v) is 4.66. The van der Waals surface area contributed by atoms with Gasteiger partial charge in [-0.2, -0.15) is 5.10 Å². The molecule has 2 N–H and O–H groups in total. The van der Waals surface area contributed by atoms with E-state index in [1.54, 1.807) is 17.1 Å². The van der Waals surface area contributed by atoms with Gasteiger partial charge in [0.2, 0.25) is 10.0 Å². The van der Waals surface area contributed by atoms with Crippen LogP contribution in [0.4, 0.5) is 0 Å². The third-order valence-electron chi connectivity index (χ3n) is 3.65. The second kappa shape index (κ2) is 5.50. The first-order valence-electron chi connectivity index (χ1n) is 6.51. The fraction of sp³-hybridized carbons (Fsp3) is 0.750. The van der Waals surface area contributed by atoms with Crippen molar-refractivity contribution in [3.63, 3.8) is 0 Å². The Morgan fingerprint density at radius 2 is 2.11 bits per heavy atom. The van der Waals surface area contributed by atoms with E-state index < -0.39 is 10.0 Å². The van der Waals surface area contributed by atoms with Gasteiger partial charge in [-0.3, -0.25) is 4.68 Å². The van der Waals surface area contributed by atoms with Crippen LogP contribution < -0.4 is 9.88 Å². The van der Waals surface area contributed by atoms with E-state index in [1.807, 2.05) is 7.05 Å². The largest absolute Gasteiger partial charge is 0.490 e. The third kappa shape index (κ3) is 4.21. The average Bonchev–Trinajstić information content (AvgIpc) is 2.72. The summed E-state index contributed by atoms with van der Waals surface area (Å²) in [5.74, 6) is 0.669. The number of nitrogens with two attached hydrogens (primary N) is 1. The van der Waals surface area contributed by atoms with Crippen LogP contribution in [-0.2, 0) is 17.1 Å². The lowest BCUT2D eigenvalue weighted by Gasteiger charge is -2.35. The highest BCUT2D eigenvalue weighted by molar-refractivity contribution is 7.89. The van der Waals surface area contributed by atoms with Gasteiger partial charge in [0, 0.05) is 12.5 Å². The summed E-state index contributed by atoms with van der Waals surface area (Å²) in [5, 5.41) is 9.25. The van der Waals surface area contributed by atoms with Crippen LogP contribution in [0.3, 0.4) is 0 Å². The molecule has 19 heavy (non-hydrogen) atoms. The van der Waals surface area contributed by atoms with Gasteiger partial charge in [0.15, 0.2) is 5.75 Å². The number of hydrogen-bond acceptors (Lipinski definition) is 4. The lowest BCUT2D eigenvalue weighted by molar-refractivity contribution is 0.118. The fourth-order valence-corrected chi connectivity index (χ4v) is 3.99. The molecule has 108 valence electrons. The molecule has 7 heteroatoms. The maximum absolute atomic E-state index is 11.4. The molecule has 0 saturated heterocycles. The van der Waals surface area contributed by atoms with Crippen molar-refractivity contribution < 1.29 is 13.2 Å². The molecule has 6 nitrogen and oxygen atoms in total. The summed E-state index contributed by atoms with van der Waals surface area (Å²) in [6.45, 7) is 0.384. The zero-order chi connectivity index (χ0) is 13.9. The van der Waals surface area contributed by atoms with Crippen LogP contribution in [0.1, 0.15) is 32.1 Å². The summed E-state index contributed by atoms with van der Waals surface area (Å²) >= 11 is 0. The molecule has 1 aromatic rings. The number of rotatable bonds is 5. The molecule has 0 spiro atoms. The van der Waals surface area contributed by atoms with Crippen LogP contribution in [0, 0.1) is 5.41 Å². The molecule has 0 aliphatic heterocycles. The van der Waals surface area contributed by atoms with E-state index in [0.717, 1.165) is 32.1 Å². The number of hydrogen-bond donors (Lipinski definition) is 1. The van der Waals surface area contributed by atoms with Crippen molar-refractivity contribution in [1.82, 2.24) is 9.78 Å². The normalized spacial score (nSPS) is 19.3. The van der Waals surface area contributed by atoms with E-state index >= 15 is 0 Å². The van der Waals surface area contributed by atoms with Gasteiger partial charge in [-0.05, 0) is 12.8 Å². The van der Waals surface area contributed by atoms with Crippen molar-refractivity contribution in [1.29, 1.82) is 0 Å². The van der Waals surface area contributed by atoms with Crippen LogP contribution in [-0.4, -0.2) is 30.6 Å². The molecule has 0 unspecified atom stereocenters. The number of sulfonamides is 1. The van der Waals surface area contributed by atoms with Crippen molar-refractivity contribution >= 4 is 10.0 Å². The zero-order valence-corrected chi connectivity index (χ0v) is 12.0. The molecule has 1 heterocycles. The molecular weight excluding hydrogens is 266 g/mol. The fourth-order valence-electron chi connectivity index (χ4n) is 2.77. The average molecular weight is 287 g/mol. The number of ether oxygens (including phenoxy) is 1. The quantitative estimate of drug-likeness (QED) is 0.876. The Kier molecular flexibility index (Phi) is 4.15. The summed E-state index contributed by atoms with van der Waals surface area (Å²) in [6, 6.07) is 0. The SMILES string of the molecule is Cn1cc(OCC2(CS(N)(=O)=O)CCCCC2)cn1. The summed E-state index contributed by atoms with van der Waals surface area (Å²) < 4.78 is 30.2. The van der Waals surface area contributed by atoms with Gasteiger partial charge in [-0.15, -0.1) is 0 Å². The van der Waals surface area contributed by atoms with E-state index in [0.29, 0.717) is 12.4 Å². The predicted molar refractivity (Wildman–Crippen MR) is 72.2 cm³/mol. The Labute approximate surface area is 114 Å². The summed E-state index contributed by atoms with van der Waals surface area (Å²) in [5.41, 5.74) is -0.346.